The Bertz CT molecular complexity index is 504. The third-order valence-corrected chi connectivity index (χ3v) is 3.68. The quantitative estimate of drug-likeness (QED) is 0.830. The van der Waals surface area contributed by atoms with Gasteiger partial charge >= 0.3 is 0 Å². The van der Waals surface area contributed by atoms with Crippen LogP contribution in [0.15, 0.2) is 18.2 Å². The first kappa shape index (κ1) is 14.8. The van der Waals surface area contributed by atoms with E-state index in [4.69, 9.17) is 10.00 Å². The van der Waals surface area contributed by atoms with Crippen LogP contribution in [-0.4, -0.2) is 12.6 Å². The zero-order valence-corrected chi connectivity index (χ0v) is 12.1. The lowest BCUT2D eigenvalue weighted by atomic mass is 10.1. The summed E-state index contributed by atoms with van der Waals surface area (Å²) in [6, 6.07) is 7.51. The molecule has 1 N–H and O–H groups in total. The summed E-state index contributed by atoms with van der Waals surface area (Å²) < 4.78 is 19.7. The van der Waals surface area contributed by atoms with Gasteiger partial charge in [0.25, 0.3) is 0 Å². The van der Waals surface area contributed by atoms with Crippen molar-refractivity contribution in [2.45, 2.75) is 45.7 Å². The third kappa shape index (κ3) is 3.71. The van der Waals surface area contributed by atoms with Crippen molar-refractivity contribution >= 4 is 0 Å². The van der Waals surface area contributed by atoms with E-state index in [0.29, 0.717) is 31.4 Å². The Balaban J connectivity index is 2.04. The number of nitrogens with zero attached hydrogens (tertiary/aromatic N) is 1. The van der Waals surface area contributed by atoms with Gasteiger partial charge in [-0.3, -0.25) is 0 Å². The molecule has 1 aliphatic carbocycles. The summed E-state index contributed by atoms with van der Waals surface area (Å²) in [7, 11) is 0. The predicted octanol–water partition coefficient (Wildman–Crippen LogP) is 3.40. The summed E-state index contributed by atoms with van der Waals surface area (Å²) in [4.78, 5) is 0. The summed E-state index contributed by atoms with van der Waals surface area (Å²) in [6.45, 7) is 5.10. The van der Waals surface area contributed by atoms with Gasteiger partial charge in [-0.05, 0) is 18.9 Å². The zero-order valence-electron chi connectivity index (χ0n) is 12.1. The normalized spacial score (nSPS) is 15.9. The van der Waals surface area contributed by atoms with Gasteiger partial charge in [0.05, 0.1) is 12.7 Å². The van der Waals surface area contributed by atoms with Gasteiger partial charge in [-0.25, -0.2) is 4.39 Å². The standard InChI is InChI=1S/C16H21FN2O/c1-12(2)19-10-13-4-3-5-14(17)15(13)20-11-16(6-7-16)8-9-18/h3-5,12,19H,6-8,10-11H2,1-2H3. The molecule has 1 saturated carbocycles. The molecule has 1 aromatic carbocycles. The van der Waals surface area contributed by atoms with E-state index in [1.807, 2.05) is 19.9 Å². The lowest BCUT2D eigenvalue weighted by molar-refractivity contribution is 0.225. The molecule has 0 aliphatic heterocycles. The summed E-state index contributed by atoms with van der Waals surface area (Å²) in [6.07, 6.45) is 2.48. The summed E-state index contributed by atoms with van der Waals surface area (Å²) in [5.41, 5.74) is 0.784. The number of halogens is 1. The molecule has 108 valence electrons. The fourth-order valence-corrected chi connectivity index (χ4v) is 2.11. The van der Waals surface area contributed by atoms with Crippen LogP contribution in [0.25, 0.3) is 0 Å². The highest BCUT2D eigenvalue weighted by atomic mass is 19.1. The lowest BCUT2D eigenvalue weighted by Gasteiger charge is -2.17. The summed E-state index contributed by atoms with van der Waals surface area (Å²) in [5, 5.41) is 12.1. The number of rotatable bonds is 7. The molecule has 1 aromatic rings. The highest BCUT2D eigenvalue weighted by Crippen LogP contribution is 2.48. The van der Waals surface area contributed by atoms with Gasteiger partial charge in [0.1, 0.15) is 0 Å². The maximum atomic E-state index is 13.9. The first-order valence-corrected chi connectivity index (χ1v) is 7.07. The maximum Gasteiger partial charge on any atom is 0.165 e. The van der Waals surface area contributed by atoms with Gasteiger partial charge in [-0.15, -0.1) is 0 Å². The van der Waals surface area contributed by atoms with Crippen molar-refractivity contribution in [2.24, 2.45) is 5.41 Å². The number of ether oxygens (including phenoxy) is 1. The van der Waals surface area contributed by atoms with Crippen molar-refractivity contribution in [3.63, 3.8) is 0 Å². The summed E-state index contributed by atoms with van der Waals surface area (Å²) in [5.74, 6) is -0.00863. The van der Waals surface area contributed by atoms with E-state index < -0.39 is 0 Å². The van der Waals surface area contributed by atoms with E-state index in [1.54, 1.807) is 6.07 Å². The second-order valence-corrected chi connectivity index (χ2v) is 5.89. The SMILES string of the molecule is CC(C)NCc1cccc(F)c1OCC1(CC#N)CC1. The Morgan fingerprint density at radius 2 is 2.20 bits per heavy atom. The highest BCUT2D eigenvalue weighted by molar-refractivity contribution is 5.35. The minimum absolute atomic E-state index is 0.0419. The van der Waals surface area contributed by atoms with Crippen molar-refractivity contribution < 1.29 is 9.13 Å². The van der Waals surface area contributed by atoms with Crippen molar-refractivity contribution in [2.75, 3.05) is 6.61 Å². The van der Waals surface area contributed by atoms with Crippen LogP contribution >= 0.6 is 0 Å². The molecule has 0 bridgehead atoms. The molecule has 3 nitrogen and oxygen atoms in total. The molecular weight excluding hydrogens is 255 g/mol. The summed E-state index contributed by atoms with van der Waals surface area (Å²) >= 11 is 0. The molecular formula is C16H21FN2O. The molecule has 0 atom stereocenters. The third-order valence-electron chi connectivity index (χ3n) is 3.68. The zero-order chi connectivity index (χ0) is 14.6. The van der Waals surface area contributed by atoms with Crippen LogP contribution in [0.3, 0.4) is 0 Å². The molecule has 0 heterocycles. The van der Waals surface area contributed by atoms with Crippen molar-refractivity contribution in [3.05, 3.63) is 29.6 Å². The Kier molecular flexibility index (Phi) is 4.61. The molecule has 0 saturated heterocycles. The average molecular weight is 276 g/mol. The number of hydrogen-bond acceptors (Lipinski definition) is 3. The van der Waals surface area contributed by atoms with Crippen LogP contribution in [0, 0.1) is 22.6 Å². The molecule has 0 aromatic heterocycles. The van der Waals surface area contributed by atoms with E-state index in [-0.39, 0.29) is 11.2 Å². The minimum atomic E-state index is -0.333. The predicted molar refractivity (Wildman–Crippen MR) is 75.8 cm³/mol. The molecule has 1 aliphatic rings. The number of para-hydroxylation sites is 1. The lowest BCUT2D eigenvalue weighted by Crippen LogP contribution is -2.23. The van der Waals surface area contributed by atoms with Crippen molar-refractivity contribution in [1.82, 2.24) is 5.32 Å². The first-order valence-electron chi connectivity index (χ1n) is 7.07. The fraction of sp³-hybridized carbons (Fsp3) is 0.562. The van der Waals surface area contributed by atoms with Gasteiger partial charge in [0.15, 0.2) is 11.6 Å². The van der Waals surface area contributed by atoms with Crippen LogP contribution in [0.1, 0.15) is 38.7 Å². The Hall–Kier alpha value is -1.60. The molecule has 20 heavy (non-hydrogen) atoms. The number of nitriles is 1. The van der Waals surface area contributed by atoms with Crippen molar-refractivity contribution in [3.8, 4) is 11.8 Å². The highest BCUT2D eigenvalue weighted by Gasteiger charge is 2.43. The molecule has 0 unspecified atom stereocenters. The van der Waals surface area contributed by atoms with Crippen LogP contribution in [0.2, 0.25) is 0 Å². The van der Waals surface area contributed by atoms with Gasteiger partial charge in [0, 0.05) is 30.0 Å². The van der Waals surface area contributed by atoms with Gasteiger partial charge < -0.3 is 10.1 Å². The molecule has 2 rings (SSSR count). The van der Waals surface area contributed by atoms with E-state index in [9.17, 15) is 4.39 Å². The number of nitrogens with one attached hydrogen (secondary N) is 1. The molecule has 1 fully saturated rings. The average Bonchev–Trinajstić information content (AvgIpc) is 3.16. The van der Waals surface area contributed by atoms with Crippen LogP contribution in [0.4, 0.5) is 4.39 Å². The van der Waals surface area contributed by atoms with Crippen LogP contribution in [0.5, 0.6) is 5.75 Å². The van der Waals surface area contributed by atoms with Crippen molar-refractivity contribution in [1.29, 1.82) is 5.26 Å². The van der Waals surface area contributed by atoms with Crippen LogP contribution in [-0.2, 0) is 6.54 Å². The Labute approximate surface area is 119 Å². The topological polar surface area (TPSA) is 45.0 Å². The van der Waals surface area contributed by atoms with E-state index in [2.05, 4.69) is 11.4 Å². The van der Waals surface area contributed by atoms with E-state index in [0.717, 1.165) is 18.4 Å². The van der Waals surface area contributed by atoms with Gasteiger partial charge in [-0.1, -0.05) is 26.0 Å². The van der Waals surface area contributed by atoms with Gasteiger partial charge in [0.2, 0.25) is 0 Å². The Morgan fingerprint density at radius 1 is 1.45 bits per heavy atom. The Morgan fingerprint density at radius 3 is 2.80 bits per heavy atom. The fourth-order valence-electron chi connectivity index (χ4n) is 2.11. The second-order valence-electron chi connectivity index (χ2n) is 5.89. The second kappa shape index (κ2) is 6.23. The monoisotopic (exact) mass is 276 g/mol. The smallest absolute Gasteiger partial charge is 0.165 e. The number of hydrogen-bond donors (Lipinski definition) is 1. The minimum Gasteiger partial charge on any atom is -0.490 e. The number of benzene rings is 1. The van der Waals surface area contributed by atoms with Gasteiger partial charge in [-0.2, -0.15) is 5.26 Å². The van der Waals surface area contributed by atoms with Crippen LogP contribution < -0.4 is 10.1 Å². The first-order chi connectivity index (χ1) is 9.56. The molecule has 0 spiro atoms. The molecule has 0 amide bonds. The largest absolute Gasteiger partial charge is 0.490 e. The molecule has 0 radical (unpaired) electrons. The molecule has 4 heteroatoms. The van der Waals surface area contributed by atoms with E-state index >= 15 is 0 Å². The van der Waals surface area contributed by atoms with E-state index in [1.165, 1.54) is 6.07 Å². The maximum absolute atomic E-state index is 13.9.